The molecule has 3 atom stereocenters. The van der Waals surface area contributed by atoms with Gasteiger partial charge in [-0.2, -0.15) is 12.6 Å². The van der Waals surface area contributed by atoms with Gasteiger partial charge in [-0.05, 0) is 83.4 Å². The number of ether oxygens (including phenoxy) is 2. The van der Waals surface area contributed by atoms with Crippen LogP contribution in [-0.2, 0) is 14.3 Å². The number of carbonyl (C=O) groups is 3. The lowest BCUT2D eigenvalue weighted by molar-refractivity contribution is -0.142. The summed E-state index contributed by atoms with van der Waals surface area (Å²) in [6.07, 6.45) is -0.130. The van der Waals surface area contributed by atoms with Crippen LogP contribution in [0.25, 0.3) is 0 Å². The van der Waals surface area contributed by atoms with Gasteiger partial charge in [-0.15, -0.1) is 0 Å². The van der Waals surface area contributed by atoms with E-state index in [9.17, 15) is 14.4 Å². The zero-order valence-electron chi connectivity index (χ0n) is 23.6. The molecular weight excluding hydrogens is 502 g/mol. The second-order valence-electron chi connectivity index (χ2n) is 10.4. The van der Waals surface area contributed by atoms with Crippen LogP contribution in [-0.4, -0.2) is 53.4 Å². The Kier molecular flexibility index (Phi) is 11.1. The first-order chi connectivity index (χ1) is 17.8. The number of methoxy groups -OCH3 is 1. The van der Waals surface area contributed by atoms with Gasteiger partial charge in [0.05, 0.1) is 7.11 Å². The molecule has 2 aromatic rings. The van der Waals surface area contributed by atoms with E-state index in [0.717, 1.165) is 11.1 Å². The number of nitrogens with one attached hydrogen (secondary N) is 2. The van der Waals surface area contributed by atoms with Crippen LogP contribution >= 0.6 is 12.6 Å². The number of amides is 3. The first-order valence-corrected chi connectivity index (χ1v) is 13.4. The van der Waals surface area contributed by atoms with E-state index in [1.165, 1.54) is 0 Å². The molecule has 208 valence electrons. The number of hydrogen-bond acceptors (Lipinski definition) is 6. The van der Waals surface area contributed by atoms with Crippen LogP contribution < -0.4 is 15.4 Å². The van der Waals surface area contributed by atoms with E-state index >= 15 is 0 Å². The second-order valence-corrected chi connectivity index (χ2v) is 10.7. The Balaban J connectivity index is 2.54. The normalized spacial score (nSPS) is 13.6. The minimum absolute atomic E-state index is 0.0324. The van der Waals surface area contributed by atoms with E-state index in [0.29, 0.717) is 23.4 Å². The summed E-state index contributed by atoms with van der Waals surface area (Å²) in [5.41, 5.74) is 2.46. The molecule has 8 nitrogen and oxygen atoms in total. The summed E-state index contributed by atoms with van der Waals surface area (Å²) in [6, 6.07) is 10.5. The van der Waals surface area contributed by atoms with Crippen molar-refractivity contribution in [2.75, 3.05) is 18.2 Å². The Labute approximate surface area is 231 Å². The zero-order valence-corrected chi connectivity index (χ0v) is 24.5. The maximum atomic E-state index is 14.0. The molecule has 0 bridgehead atoms. The molecule has 9 heteroatoms. The predicted octanol–water partition coefficient (Wildman–Crippen LogP) is 5.44. The average Bonchev–Trinajstić information content (AvgIpc) is 2.84. The molecule has 2 aromatic carbocycles. The summed E-state index contributed by atoms with van der Waals surface area (Å²) in [5, 5.41) is 5.60. The molecule has 0 fully saturated rings. The van der Waals surface area contributed by atoms with Gasteiger partial charge in [0, 0.05) is 17.5 Å². The SMILES string of the molecule is CCC(C)N(C(=O)C(CS)NC(=O)OC(C)(C)C)C(C(=O)Nc1ccc(OC)cc1)c1ccc(C)cc1C. The van der Waals surface area contributed by atoms with E-state index < -0.39 is 29.7 Å². The van der Waals surface area contributed by atoms with Gasteiger partial charge in [0.1, 0.15) is 23.4 Å². The van der Waals surface area contributed by atoms with Crippen molar-refractivity contribution in [2.24, 2.45) is 0 Å². The van der Waals surface area contributed by atoms with Crippen molar-refractivity contribution >= 4 is 36.2 Å². The smallest absolute Gasteiger partial charge is 0.408 e. The maximum Gasteiger partial charge on any atom is 0.408 e. The third-order valence-corrected chi connectivity index (χ3v) is 6.46. The Morgan fingerprint density at radius 1 is 1.05 bits per heavy atom. The number of benzene rings is 2. The Morgan fingerprint density at radius 3 is 2.18 bits per heavy atom. The van der Waals surface area contributed by atoms with Crippen LogP contribution in [0.3, 0.4) is 0 Å². The summed E-state index contributed by atoms with van der Waals surface area (Å²) in [6.45, 7) is 13.0. The fourth-order valence-electron chi connectivity index (χ4n) is 4.05. The van der Waals surface area contributed by atoms with Crippen LogP contribution in [0.4, 0.5) is 10.5 Å². The van der Waals surface area contributed by atoms with Gasteiger partial charge in [-0.3, -0.25) is 9.59 Å². The summed E-state index contributed by atoms with van der Waals surface area (Å²) in [4.78, 5) is 42.0. The van der Waals surface area contributed by atoms with Crippen molar-refractivity contribution in [1.29, 1.82) is 0 Å². The molecule has 2 rings (SSSR count). The molecule has 3 unspecified atom stereocenters. The maximum absolute atomic E-state index is 14.0. The lowest BCUT2D eigenvalue weighted by Crippen LogP contribution is -2.55. The minimum atomic E-state index is -0.996. The van der Waals surface area contributed by atoms with E-state index in [1.54, 1.807) is 57.0 Å². The number of carbonyl (C=O) groups excluding carboxylic acids is 3. The highest BCUT2D eigenvalue weighted by molar-refractivity contribution is 7.80. The van der Waals surface area contributed by atoms with Gasteiger partial charge >= 0.3 is 6.09 Å². The van der Waals surface area contributed by atoms with Crippen LogP contribution in [0, 0.1) is 13.8 Å². The summed E-state index contributed by atoms with van der Waals surface area (Å²) < 4.78 is 10.6. The molecule has 38 heavy (non-hydrogen) atoms. The zero-order chi connectivity index (χ0) is 28.6. The lowest BCUT2D eigenvalue weighted by atomic mass is 9.95. The topological polar surface area (TPSA) is 97.0 Å². The van der Waals surface area contributed by atoms with Crippen molar-refractivity contribution in [3.8, 4) is 5.75 Å². The van der Waals surface area contributed by atoms with Crippen molar-refractivity contribution in [2.45, 2.75) is 78.6 Å². The molecule has 0 saturated carbocycles. The van der Waals surface area contributed by atoms with Gasteiger partial charge < -0.3 is 25.0 Å². The van der Waals surface area contributed by atoms with Gasteiger partial charge in [-0.25, -0.2) is 4.79 Å². The van der Waals surface area contributed by atoms with E-state index in [1.807, 2.05) is 45.9 Å². The molecule has 0 spiro atoms. The molecule has 0 aliphatic heterocycles. The van der Waals surface area contributed by atoms with Gasteiger partial charge in [0.2, 0.25) is 5.91 Å². The highest BCUT2D eigenvalue weighted by atomic mass is 32.1. The third kappa shape index (κ3) is 8.41. The highest BCUT2D eigenvalue weighted by Gasteiger charge is 2.38. The standard InChI is InChI=1S/C29H41N3O5S/c1-9-20(4)32(27(34)24(17-38)31-28(35)37-29(5,6)7)25(23-15-10-18(2)16-19(23)3)26(33)30-21-11-13-22(36-8)14-12-21/h10-16,20,24-25,38H,9,17H2,1-8H3,(H,30,33)(H,31,35). The molecular formula is C29H41N3O5S. The fraction of sp³-hybridized carbons (Fsp3) is 0.483. The average molecular weight is 544 g/mol. The Morgan fingerprint density at radius 2 is 1.68 bits per heavy atom. The number of anilines is 1. The van der Waals surface area contributed by atoms with Crippen molar-refractivity contribution in [1.82, 2.24) is 10.2 Å². The monoisotopic (exact) mass is 543 g/mol. The summed E-state index contributed by atoms with van der Waals surface area (Å²) in [5.74, 6) is -0.0961. The Bertz CT molecular complexity index is 1110. The van der Waals surface area contributed by atoms with Crippen LogP contribution in [0.5, 0.6) is 5.75 Å². The van der Waals surface area contributed by atoms with E-state index in [4.69, 9.17) is 9.47 Å². The van der Waals surface area contributed by atoms with Gasteiger partial charge in [0.25, 0.3) is 5.91 Å². The minimum Gasteiger partial charge on any atom is -0.497 e. The first-order valence-electron chi connectivity index (χ1n) is 12.8. The fourth-order valence-corrected chi connectivity index (χ4v) is 4.29. The van der Waals surface area contributed by atoms with Crippen LogP contribution in [0.2, 0.25) is 0 Å². The third-order valence-electron chi connectivity index (χ3n) is 6.10. The van der Waals surface area contributed by atoms with Crippen LogP contribution in [0.15, 0.2) is 42.5 Å². The van der Waals surface area contributed by atoms with Gasteiger partial charge in [0.15, 0.2) is 0 Å². The second kappa shape index (κ2) is 13.6. The highest BCUT2D eigenvalue weighted by Crippen LogP contribution is 2.30. The van der Waals surface area contributed by atoms with Crippen molar-refractivity contribution < 1.29 is 23.9 Å². The predicted molar refractivity (Wildman–Crippen MR) is 154 cm³/mol. The molecule has 3 amide bonds. The molecule has 0 aliphatic rings. The number of nitrogens with zero attached hydrogens (tertiary/aromatic N) is 1. The summed E-state index contributed by atoms with van der Waals surface area (Å²) >= 11 is 4.34. The van der Waals surface area contributed by atoms with Crippen molar-refractivity contribution in [3.63, 3.8) is 0 Å². The molecule has 0 aromatic heterocycles. The van der Waals surface area contributed by atoms with E-state index in [2.05, 4.69) is 23.3 Å². The quantitative estimate of drug-likeness (QED) is 0.347. The molecule has 2 N–H and O–H groups in total. The molecule has 0 aliphatic carbocycles. The Hall–Kier alpha value is -3.20. The molecule has 0 saturated heterocycles. The first kappa shape index (κ1) is 31.0. The van der Waals surface area contributed by atoms with Gasteiger partial charge in [-0.1, -0.05) is 30.7 Å². The van der Waals surface area contributed by atoms with Crippen molar-refractivity contribution in [3.05, 3.63) is 59.2 Å². The molecule has 0 heterocycles. The van der Waals surface area contributed by atoms with E-state index in [-0.39, 0.29) is 17.7 Å². The number of thiol groups is 1. The number of hydrogen-bond donors (Lipinski definition) is 3. The number of alkyl carbamates (subject to hydrolysis) is 1. The summed E-state index contributed by atoms with van der Waals surface area (Å²) in [7, 11) is 1.57. The van der Waals surface area contributed by atoms with Crippen LogP contribution in [0.1, 0.15) is 63.8 Å². The largest absolute Gasteiger partial charge is 0.497 e. The number of rotatable bonds is 10. The molecule has 0 radical (unpaired) electrons. The lowest BCUT2D eigenvalue weighted by Gasteiger charge is -2.38. The number of aryl methyl sites for hydroxylation is 2.